The molecule has 1 fully saturated rings. The van der Waals surface area contributed by atoms with Gasteiger partial charge in [0.25, 0.3) is 0 Å². The number of nitrogens with one attached hydrogen (secondary N) is 1. The van der Waals surface area contributed by atoms with E-state index in [-0.39, 0.29) is 18.1 Å². The normalized spacial score (nSPS) is 18.3. The molecule has 160 valence electrons. The van der Waals surface area contributed by atoms with E-state index < -0.39 is 0 Å². The molecule has 4 rings (SSSR count). The van der Waals surface area contributed by atoms with Crippen LogP contribution in [0.2, 0.25) is 0 Å². The minimum atomic E-state index is -0.365. The first-order chi connectivity index (χ1) is 15.0. The Bertz CT molecular complexity index is 1080. The molecule has 2 atom stereocenters. The summed E-state index contributed by atoms with van der Waals surface area (Å²) < 4.78 is 7.07. The first kappa shape index (κ1) is 21.1. The molecule has 1 aliphatic heterocycles. The van der Waals surface area contributed by atoms with Crippen LogP contribution in [-0.4, -0.2) is 39.2 Å². The molecule has 0 bridgehead atoms. The van der Waals surface area contributed by atoms with Crippen molar-refractivity contribution in [3.05, 3.63) is 83.9 Å². The minimum absolute atomic E-state index is 0.0782. The fraction of sp³-hybridized carbons (Fsp3) is 0.292. The van der Waals surface area contributed by atoms with Crippen LogP contribution in [0.4, 0.5) is 0 Å². The Morgan fingerprint density at radius 2 is 1.94 bits per heavy atom. The molecule has 31 heavy (non-hydrogen) atoms. The number of hydrogen-bond acceptors (Lipinski definition) is 4. The summed E-state index contributed by atoms with van der Waals surface area (Å²) in [4.78, 5) is 19.2. The Hall–Kier alpha value is -3.19. The highest BCUT2D eigenvalue weighted by Gasteiger charge is 2.41. The van der Waals surface area contributed by atoms with Gasteiger partial charge < -0.3 is 19.5 Å². The van der Waals surface area contributed by atoms with Gasteiger partial charge in [0.15, 0.2) is 5.11 Å². The lowest BCUT2D eigenvalue weighted by atomic mass is 10.00. The zero-order valence-corrected chi connectivity index (χ0v) is 18.7. The number of pyridine rings is 1. The van der Waals surface area contributed by atoms with Gasteiger partial charge in [0.2, 0.25) is 0 Å². The molecule has 0 amide bonds. The Balaban J connectivity index is 1.85. The van der Waals surface area contributed by atoms with Crippen molar-refractivity contribution < 1.29 is 9.53 Å². The van der Waals surface area contributed by atoms with Gasteiger partial charge in [0.1, 0.15) is 0 Å². The van der Waals surface area contributed by atoms with Crippen LogP contribution in [0.25, 0.3) is 5.69 Å². The van der Waals surface area contributed by atoms with E-state index in [4.69, 9.17) is 17.0 Å². The Kier molecular flexibility index (Phi) is 6.04. The predicted octanol–water partition coefficient (Wildman–Crippen LogP) is 4.29. The summed E-state index contributed by atoms with van der Waals surface area (Å²) in [6.07, 6.45) is 3.77. The average molecular weight is 435 g/mol. The van der Waals surface area contributed by atoms with Crippen LogP contribution in [0.5, 0.6) is 0 Å². The summed E-state index contributed by atoms with van der Waals surface area (Å²) in [5.74, 6) is 0.0612. The number of esters is 1. The molecule has 1 aliphatic rings. The summed E-state index contributed by atoms with van der Waals surface area (Å²) in [5, 5.41) is 4.19. The van der Waals surface area contributed by atoms with Gasteiger partial charge in [0, 0.05) is 24.6 Å². The molecule has 0 spiro atoms. The zero-order chi connectivity index (χ0) is 22.0. The molecule has 3 aromatic rings. The van der Waals surface area contributed by atoms with Gasteiger partial charge in [-0.2, -0.15) is 0 Å². The van der Waals surface area contributed by atoms with E-state index >= 15 is 0 Å². The molecular weight excluding hydrogens is 408 g/mol. The smallest absolute Gasteiger partial charge is 0.339 e. The van der Waals surface area contributed by atoms with E-state index in [1.165, 1.54) is 7.11 Å². The highest BCUT2D eigenvalue weighted by molar-refractivity contribution is 7.80. The van der Waals surface area contributed by atoms with Crippen LogP contribution >= 0.6 is 12.2 Å². The SMILES string of the molecule is COC(=O)c1ccccc1-n1cccc1[C@H]1[C@H](c2ccccn2)NC(=S)N1CC(C)C. The number of hydrogen-bond donors (Lipinski definition) is 1. The highest BCUT2D eigenvalue weighted by atomic mass is 32.1. The number of para-hydroxylation sites is 1. The number of nitrogens with zero attached hydrogens (tertiary/aromatic N) is 3. The second-order valence-electron chi connectivity index (χ2n) is 7.98. The van der Waals surface area contributed by atoms with Gasteiger partial charge in [-0.05, 0) is 54.5 Å². The molecule has 1 N–H and O–H groups in total. The molecule has 2 aromatic heterocycles. The monoisotopic (exact) mass is 434 g/mol. The number of methoxy groups -OCH3 is 1. The van der Waals surface area contributed by atoms with Crippen molar-refractivity contribution in [2.45, 2.75) is 25.9 Å². The summed E-state index contributed by atoms with van der Waals surface area (Å²) >= 11 is 5.74. The van der Waals surface area contributed by atoms with Crippen LogP contribution in [-0.2, 0) is 4.74 Å². The van der Waals surface area contributed by atoms with Crippen LogP contribution in [0.3, 0.4) is 0 Å². The number of ether oxygens (including phenoxy) is 1. The van der Waals surface area contributed by atoms with Crippen LogP contribution in [0.1, 0.15) is 47.7 Å². The third-order valence-corrected chi connectivity index (χ3v) is 5.76. The molecule has 6 nitrogen and oxygen atoms in total. The Morgan fingerprint density at radius 3 is 2.65 bits per heavy atom. The first-order valence-electron chi connectivity index (χ1n) is 10.3. The summed E-state index contributed by atoms with van der Waals surface area (Å²) in [6.45, 7) is 5.17. The van der Waals surface area contributed by atoms with E-state index in [0.717, 1.165) is 23.6 Å². The number of benzene rings is 1. The van der Waals surface area contributed by atoms with E-state index in [1.54, 1.807) is 12.3 Å². The number of carbonyl (C=O) groups is 1. The highest BCUT2D eigenvalue weighted by Crippen LogP contribution is 2.40. The molecule has 1 aromatic carbocycles. The van der Waals surface area contributed by atoms with Crippen molar-refractivity contribution in [3.63, 3.8) is 0 Å². The van der Waals surface area contributed by atoms with E-state index in [0.29, 0.717) is 16.6 Å². The summed E-state index contributed by atoms with van der Waals surface area (Å²) in [7, 11) is 1.40. The van der Waals surface area contributed by atoms with E-state index in [9.17, 15) is 4.79 Å². The maximum absolute atomic E-state index is 12.4. The fourth-order valence-corrected chi connectivity index (χ4v) is 4.45. The lowest BCUT2D eigenvalue weighted by Crippen LogP contribution is -2.33. The van der Waals surface area contributed by atoms with Crippen molar-refractivity contribution in [3.8, 4) is 5.69 Å². The lowest BCUT2D eigenvalue weighted by molar-refractivity contribution is 0.0600. The number of thiocarbonyl (C=S) groups is 1. The van der Waals surface area contributed by atoms with Crippen molar-refractivity contribution in [2.24, 2.45) is 5.92 Å². The Morgan fingerprint density at radius 1 is 1.16 bits per heavy atom. The van der Waals surface area contributed by atoms with Crippen LogP contribution < -0.4 is 5.32 Å². The second-order valence-corrected chi connectivity index (χ2v) is 8.37. The fourth-order valence-electron chi connectivity index (χ4n) is 4.14. The van der Waals surface area contributed by atoms with Gasteiger partial charge in [-0.15, -0.1) is 0 Å². The van der Waals surface area contributed by atoms with Gasteiger partial charge in [-0.3, -0.25) is 4.98 Å². The predicted molar refractivity (Wildman–Crippen MR) is 124 cm³/mol. The van der Waals surface area contributed by atoms with Crippen molar-refractivity contribution in [1.82, 2.24) is 19.8 Å². The molecule has 7 heteroatoms. The quantitative estimate of drug-likeness (QED) is 0.461. The molecule has 1 saturated heterocycles. The van der Waals surface area contributed by atoms with Gasteiger partial charge in [-0.1, -0.05) is 32.0 Å². The largest absolute Gasteiger partial charge is 0.465 e. The second kappa shape index (κ2) is 8.89. The molecular formula is C24H26N4O2S. The van der Waals surface area contributed by atoms with Crippen molar-refractivity contribution >= 4 is 23.3 Å². The maximum Gasteiger partial charge on any atom is 0.339 e. The number of carbonyl (C=O) groups excluding carboxylic acids is 1. The van der Waals surface area contributed by atoms with Gasteiger partial charge in [-0.25, -0.2) is 4.79 Å². The summed E-state index contributed by atoms with van der Waals surface area (Å²) in [6, 6.07) is 17.3. The molecule has 3 heterocycles. The third-order valence-electron chi connectivity index (χ3n) is 5.41. The number of rotatable bonds is 6. The van der Waals surface area contributed by atoms with Crippen LogP contribution in [0.15, 0.2) is 67.0 Å². The minimum Gasteiger partial charge on any atom is -0.465 e. The van der Waals surface area contributed by atoms with Gasteiger partial charge >= 0.3 is 5.97 Å². The maximum atomic E-state index is 12.4. The molecule has 0 radical (unpaired) electrons. The summed E-state index contributed by atoms with van der Waals surface area (Å²) in [5.41, 5.74) is 3.24. The molecule has 0 aliphatic carbocycles. The van der Waals surface area contributed by atoms with Crippen molar-refractivity contribution in [1.29, 1.82) is 0 Å². The Labute approximate surface area is 187 Å². The number of aromatic nitrogens is 2. The van der Waals surface area contributed by atoms with Gasteiger partial charge in [0.05, 0.1) is 36.1 Å². The third kappa shape index (κ3) is 4.05. The zero-order valence-electron chi connectivity index (χ0n) is 17.9. The molecule has 0 saturated carbocycles. The van der Waals surface area contributed by atoms with Crippen molar-refractivity contribution in [2.75, 3.05) is 13.7 Å². The molecule has 0 unspecified atom stereocenters. The topological polar surface area (TPSA) is 59.4 Å². The average Bonchev–Trinajstić information content (AvgIpc) is 3.38. The van der Waals surface area contributed by atoms with E-state index in [2.05, 4.69) is 39.7 Å². The van der Waals surface area contributed by atoms with Crippen LogP contribution in [0, 0.1) is 5.92 Å². The first-order valence-corrected chi connectivity index (χ1v) is 10.7. The van der Waals surface area contributed by atoms with E-state index in [1.807, 2.05) is 48.7 Å². The lowest BCUT2D eigenvalue weighted by Gasteiger charge is -2.30. The standard InChI is InChI=1S/C24H26N4O2S/c1-16(2)15-28-22(21(26-24(28)31)18-10-6-7-13-25-18)20-12-8-14-27(20)19-11-5-4-9-17(19)23(29)30-3/h4-14,16,21-22H,15H2,1-3H3,(H,26,31)/t21-,22-/m0/s1.